The molecule has 2 aromatic carbocycles. The minimum Gasteiger partial charge on any atom is -0.494 e. The summed E-state index contributed by atoms with van der Waals surface area (Å²) in [5.74, 6) is -0.334. The van der Waals surface area contributed by atoms with Crippen molar-refractivity contribution in [1.82, 2.24) is 10.2 Å². The number of nitrogens with one attached hydrogen (secondary N) is 2. The summed E-state index contributed by atoms with van der Waals surface area (Å²) in [6, 6.07) is 13.8. The molecule has 0 aliphatic carbocycles. The SMILES string of the molecule is O=C(Nc1nnc(C2=COCCO2)o1)c1ccccc1NS(=O)(=O)c1ccccc1. The number of rotatable bonds is 6. The van der Waals surface area contributed by atoms with Crippen LogP contribution in [-0.4, -0.2) is 37.7 Å². The van der Waals surface area contributed by atoms with Crippen LogP contribution >= 0.6 is 0 Å². The quantitative estimate of drug-likeness (QED) is 0.612. The lowest BCUT2D eigenvalue weighted by Crippen LogP contribution is -2.18. The van der Waals surface area contributed by atoms with E-state index in [0.29, 0.717) is 13.2 Å². The lowest BCUT2D eigenvalue weighted by molar-refractivity contribution is 0.102. The Balaban J connectivity index is 1.53. The summed E-state index contributed by atoms with van der Waals surface area (Å²) >= 11 is 0. The molecule has 0 fully saturated rings. The topological polar surface area (TPSA) is 133 Å². The molecule has 0 unspecified atom stereocenters. The Morgan fingerprint density at radius 1 is 0.967 bits per heavy atom. The number of carbonyl (C=O) groups excluding carboxylic acids is 1. The molecule has 3 aromatic rings. The number of benzene rings is 2. The van der Waals surface area contributed by atoms with E-state index < -0.39 is 15.9 Å². The molecule has 11 heteroatoms. The molecule has 1 aliphatic heterocycles. The van der Waals surface area contributed by atoms with Gasteiger partial charge in [-0.05, 0) is 24.3 Å². The van der Waals surface area contributed by atoms with Gasteiger partial charge in [0, 0.05) is 0 Å². The van der Waals surface area contributed by atoms with Crippen LogP contribution in [0.15, 0.2) is 70.2 Å². The van der Waals surface area contributed by atoms with Gasteiger partial charge in [0.2, 0.25) is 5.76 Å². The van der Waals surface area contributed by atoms with E-state index in [1.807, 2.05) is 0 Å². The highest BCUT2D eigenvalue weighted by Crippen LogP contribution is 2.23. The summed E-state index contributed by atoms with van der Waals surface area (Å²) in [5.41, 5.74) is 0.179. The summed E-state index contributed by atoms with van der Waals surface area (Å²) < 4.78 is 43.4. The van der Waals surface area contributed by atoms with Gasteiger partial charge in [-0.3, -0.25) is 14.8 Å². The summed E-state index contributed by atoms with van der Waals surface area (Å²) in [6.07, 6.45) is 1.34. The number of carbonyl (C=O) groups is 1. The maximum atomic E-state index is 12.7. The van der Waals surface area contributed by atoms with Crippen LogP contribution in [0.25, 0.3) is 5.76 Å². The third-order valence-corrected chi connectivity index (χ3v) is 5.36. The molecule has 0 atom stereocenters. The number of hydrogen-bond donors (Lipinski definition) is 2. The van der Waals surface area contributed by atoms with Crippen LogP contribution in [0.1, 0.15) is 16.2 Å². The van der Waals surface area contributed by atoms with Crippen molar-refractivity contribution < 1.29 is 27.1 Å². The molecule has 0 saturated carbocycles. The minimum absolute atomic E-state index is 0.0445. The zero-order valence-corrected chi connectivity index (χ0v) is 16.3. The fourth-order valence-electron chi connectivity index (χ4n) is 2.59. The predicted molar refractivity (Wildman–Crippen MR) is 106 cm³/mol. The molecular weight excluding hydrogens is 412 g/mol. The second-order valence-corrected chi connectivity index (χ2v) is 7.71. The molecule has 1 aromatic heterocycles. The van der Waals surface area contributed by atoms with Gasteiger partial charge in [0.25, 0.3) is 21.8 Å². The maximum Gasteiger partial charge on any atom is 0.322 e. The van der Waals surface area contributed by atoms with E-state index in [1.165, 1.54) is 30.5 Å². The number of para-hydroxylation sites is 1. The van der Waals surface area contributed by atoms with Crippen LogP contribution in [0.4, 0.5) is 11.7 Å². The molecule has 154 valence electrons. The Morgan fingerprint density at radius 2 is 1.73 bits per heavy atom. The molecule has 0 saturated heterocycles. The average molecular weight is 428 g/mol. The molecule has 1 amide bonds. The molecule has 2 N–H and O–H groups in total. The number of aromatic nitrogens is 2. The van der Waals surface area contributed by atoms with Gasteiger partial charge in [-0.2, -0.15) is 0 Å². The van der Waals surface area contributed by atoms with E-state index in [2.05, 4.69) is 20.2 Å². The van der Waals surface area contributed by atoms with Crippen molar-refractivity contribution in [2.24, 2.45) is 0 Å². The standard InChI is InChI=1S/C19H16N4O6S/c24-17(20-19-22-21-18(29-19)16-12-27-10-11-28-16)14-8-4-5-9-15(14)23-30(25,26)13-6-2-1-3-7-13/h1-9,12,23H,10-11H2,(H,20,22,24). The van der Waals surface area contributed by atoms with Gasteiger partial charge in [0.15, 0.2) is 0 Å². The van der Waals surface area contributed by atoms with Crippen LogP contribution in [0.2, 0.25) is 0 Å². The van der Waals surface area contributed by atoms with Gasteiger partial charge in [0.05, 0.1) is 16.1 Å². The Morgan fingerprint density at radius 3 is 2.50 bits per heavy atom. The molecule has 0 radical (unpaired) electrons. The normalized spacial score (nSPS) is 13.5. The minimum atomic E-state index is -3.87. The molecule has 4 rings (SSSR count). The third-order valence-electron chi connectivity index (χ3n) is 3.97. The molecule has 0 spiro atoms. The van der Waals surface area contributed by atoms with Gasteiger partial charge in [0.1, 0.15) is 19.5 Å². The van der Waals surface area contributed by atoms with Crippen molar-refractivity contribution in [3.63, 3.8) is 0 Å². The van der Waals surface area contributed by atoms with E-state index in [-0.39, 0.29) is 33.8 Å². The molecular formula is C19H16N4O6S. The van der Waals surface area contributed by atoms with Crippen molar-refractivity contribution >= 4 is 33.4 Å². The first-order chi connectivity index (χ1) is 14.5. The highest BCUT2D eigenvalue weighted by atomic mass is 32.2. The second-order valence-electron chi connectivity index (χ2n) is 6.03. The largest absolute Gasteiger partial charge is 0.494 e. The van der Waals surface area contributed by atoms with E-state index in [0.717, 1.165) is 0 Å². The fraction of sp³-hybridized carbons (Fsp3) is 0.105. The Bertz CT molecular complexity index is 1190. The Labute approximate surface area is 171 Å². The monoisotopic (exact) mass is 428 g/mol. The predicted octanol–water partition coefficient (Wildman–Crippen LogP) is 2.47. The van der Waals surface area contributed by atoms with Crippen molar-refractivity contribution in [1.29, 1.82) is 0 Å². The van der Waals surface area contributed by atoms with E-state index >= 15 is 0 Å². The van der Waals surface area contributed by atoms with Crippen molar-refractivity contribution in [2.75, 3.05) is 23.3 Å². The number of amides is 1. The van der Waals surface area contributed by atoms with Crippen LogP contribution in [0, 0.1) is 0 Å². The molecule has 30 heavy (non-hydrogen) atoms. The molecule has 2 heterocycles. The van der Waals surface area contributed by atoms with Gasteiger partial charge < -0.3 is 13.9 Å². The van der Waals surface area contributed by atoms with Gasteiger partial charge in [-0.1, -0.05) is 35.4 Å². The lowest BCUT2D eigenvalue weighted by Gasteiger charge is -2.12. The van der Waals surface area contributed by atoms with Crippen LogP contribution < -0.4 is 10.0 Å². The summed E-state index contributed by atoms with van der Waals surface area (Å²) in [6.45, 7) is 0.752. The summed E-state index contributed by atoms with van der Waals surface area (Å²) in [7, 11) is -3.87. The number of sulfonamides is 1. The van der Waals surface area contributed by atoms with Gasteiger partial charge >= 0.3 is 6.01 Å². The van der Waals surface area contributed by atoms with E-state index in [9.17, 15) is 13.2 Å². The Kier molecular flexibility index (Phi) is 5.35. The van der Waals surface area contributed by atoms with E-state index in [1.54, 1.807) is 30.3 Å². The maximum absolute atomic E-state index is 12.7. The molecule has 10 nitrogen and oxygen atoms in total. The average Bonchev–Trinajstić information content (AvgIpc) is 3.23. The summed E-state index contributed by atoms with van der Waals surface area (Å²) in [4.78, 5) is 12.8. The number of ether oxygens (including phenoxy) is 2. The van der Waals surface area contributed by atoms with Crippen molar-refractivity contribution in [3.8, 4) is 0 Å². The zero-order chi connectivity index (χ0) is 21.0. The van der Waals surface area contributed by atoms with Crippen molar-refractivity contribution in [2.45, 2.75) is 4.90 Å². The molecule has 1 aliphatic rings. The zero-order valence-electron chi connectivity index (χ0n) is 15.4. The first-order valence-electron chi connectivity index (χ1n) is 8.80. The second kappa shape index (κ2) is 8.25. The van der Waals surface area contributed by atoms with Crippen LogP contribution in [-0.2, 0) is 19.5 Å². The first kappa shape index (κ1) is 19.5. The Hall–Kier alpha value is -3.86. The smallest absolute Gasteiger partial charge is 0.322 e. The highest BCUT2D eigenvalue weighted by molar-refractivity contribution is 7.92. The first-order valence-corrected chi connectivity index (χ1v) is 10.3. The van der Waals surface area contributed by atoms with Crippen molar-refractivity contribution in [3.05, 3.63) is 72.3 Å². The van der Waals surface area contributed by atoms with Crippen LogP contribution in [0.3, 0.4) is 0 Å². The lowest BCUT2D eigenvalue weighted by atomic mass is 10.2. The number of anilines is 2. The van der Waals surface area contributed by atoms with Crippen LogP contribution in [0.5, 0.6) is 0 Å². The van der Waals surface area contributed by atoms with Gasteiger partial charge in [-0.15, -0.1) is 5.10 Å². The number of nitrogens with zero attached hydrogens (tertiary/aromatic N) is 2. The van der Waals surface area contributed by atoms with E-state index in [4.69, 9.17) is 13.9 Å². The van der Waals surface area contributed by atoms with Gasteiger partial charge in [-0.25, -0.2) is 8.42 Å². The number of hydrogen-bond acceptors (Lipinski definition) is 8. The highest BCUT2D eigenvalue weighted by Gasteiger charge is 2.21. The molecule has 0 bridgehead atoms. The third kappa shape index (κ3) is 4.25. The fourth-order valence-corrected chi connectivity index (χ4v) is 3.69. The summed E-state index contributed by atoms with van der Waals surface area (Å²) in [5, 5.41) is 9.98.